The van der Waals surface area contributed by atoms with Crippen molar-refractivity contribution in [3.63, 3.8) is 0 Å². The molecule has 0 radical (unpaired) electrons. The summed E-state index contributed by atoms with van der Waals surface area (Å²) in [6, 6.07) is 10.7. The van der Waals surface area contributed by atoms with Crippen LogP contribution in [0.15, 0.2) is 62.0 Å². The second-order valence-corrected chi connectivity index (χ2v) is 7.39. The van der Waals surface area contributed by atoms with Gasteiger partial charge in [-0.05, 0) is 49.4 Å². The first-order valence-corrected chi connectivity index (χ1v) is 10.1. The number of aliphatic hydroxyl groups is 1. The highest BCUT2D eigenvalue weighted by Crippen LogP contribution is 2.39. The van der Waals surface area contributed by atoms with Gasteiger partial charge in [-0.25, -0.2) is 9.79 Å². The van der Waals surface area contributed by atoms with Crippen molar-refractivity contribution in [1.29, 1.82) is 0 Å². The molecule has 1 amide bonds. The van der Waals surface area contributed by atoms with E-state index in [9.17, 15) is 14.7 Å². The van der Waals surface area contributed by atoms with E-state index in [1.807, 2.05) is 12.1 Å². The lowest BCUT2D eigenvalue weighted by Gasteiger charge is -2.02. The van der Waals surface area contributed by atoms with Gasteiger partial charge in [0.25, 0.3) is 0 Å². The molecule has 2 aromatic rings. The molecule has 0 bridgehead atoms. The summed E-state index contributed by atoms with van der Waals surface area (Å²) in [5, 5.41) is 11.3. The van der Waals surface area contributed by atoms with Gasteiger partial charge in [0, 0.05) is 17.0 Å². The Morgan fingerprint density at radius 2 is 1.93 bits per heavy atom. The van der Waals surface area contributed by atoms with Crippen LogP contribution in [0.25, 0.3) is 17.4 Å². The lowest BCUT2D eigenvalue weighted by Crippen LogP contribution is -2.14. The summed E-state index contributed by atoms with van der Waals surface area (Å²) < 4.78 is 10.8. The molecule has 8 heteroatoms. The number of thioether (sulfide) groups is 1. The van der Waals surface area contributed by atoms with E-state index < -0.39 is 11.9 Å². The fraction of sp³-hybridized carbons (Fsp3) is 0.190. The van der Waals surface area contributed by atoms with Gasteiger partial charge in [0.2, 0.25) is 5.91 Å². The summed E-state index contributed by atoms with van der Waals surface area (Å²) in [4.78, 5) is 28.2. The topological polar surface area (TPSA) is 89.1 Å². The Bertz CT molecular complexity index is 1030. The van der Waals surface area contributed by atoms with E-state index in [1.165, 1.54) is 0 Å². The number of nitrogens with zero attached hydrogens (tertiary/aromatic N) is 1. The highest BCUT2D eigenvalue weighted by molar-refractivity contribution is 8.18. The number of carbonyl (C=O) groups is 2. The number of esters is 1. The Balaban J connectivity index is 1.94. The van der Waals surface area contributed by atoms with Crippen molar-refractivity contribution in [3.8, 4) is 11.3 Å². The fourth-order valence-corrected chi connectivity index (χ4v) is 3.65. The van der Waals surface area contributed by atoms with Crippen LogP contribution >= 0.6 is 23.4 Å². The molecule has 1 aromatic carbocycles. The fourth-order valence-electron chi connectivity index (χ4n) is 2.51. The Morgan fingerprint density at radius 3 is 2.59 bits per heavy atom. The smallest absolute Gasteiger partial charge is 0.344 e. The first kappa shape index (κ1) is 21.0. The highest BCUT2D eigenvalue weighted by atomic mass is 35.5. The van der Waals surface area contributed by atoms with Gasteiger partial charge in [-0.1, -0.05) is 30.3 Å². The number of hydrogen-bond acceptors (Lipinski definition) is 6. The number of hydrogen-bond donors (Lipinski definition) is 1. The van der Waals surface area contributed by atoms with Gasteiger partial charge < -0.3 is 14.3 Å². The Labute approximate surface area is 176 Å². The molecule has 1 aliphatic heterocycles. The molecular weight excluding hydrogens is 414 g/mol. The maximum atomic E-state index is 12.2. The molecule has 2 heterocycles. The number of ether oxygens (including phenoxy) is 1. The SMILES string of the molecule is CCOC(=O)C1=C(O)/C(=C/c2ccc(-c3ccc(Cl)cc3)o2)SC1=NC(=O)CC. The van der Waals surface area contributed by atoms with E-state index in [-0.39, 0.29) is 29.4 Å². The first-order valence-electron chi connectivity index (χ1n) is 8.90. The monoisotopic (exact) mass is 431 g/mol. The zero-order valence-electron chi connectivity index (χ0n) is 15.8. The van der Waals surface area contributed by atoms with Gasteiger partial charge in [-0.15, -0.1) is 0 Å². The number of benzene rings is 1. The third-order valence-electron chi connectivity index (χ3n) is 3.93. The Morgan fingerprint density at radius 1 is 1.21 bits per heavy atom. The number of aliphatic hydroxyl groups excluding tert-OH is 1. The van der Waals surface area contributed by atoms with Gasteiger partial charge in [0.1, 0.15) is 27.9 Å². The lowest BCUT2D eigenvalue weighted by atomic mass is 10.2. The zero-order chi connectivity index (χ0) is 21.0. The molecule has 29 heavy (non-hydrogen) atoms. The summed E-state index contributed by atoms with van der Waals surface area (Å²) >= 11 is 6.92. The summed E-state index contributed by atoms with van der Waals surface area (Å²) in [6.07, 6.45) is 1.76. The van der Waals surface area contributed by atoms with Crippen LogP contribution in [-0.2, 0) is 14.3 Å². The standard InChI is InChI=1S/C21H18ClNO5S/c1-3-17(24)23-20-18(21(26)27-4-2)19(25)16(29-20)11-14-9-10-15(28-14)12-5-7-13(22)8-6-12/h5-11,25H,3-4H2,1-2H3/b16-11-,23-20?. The number of aliphatic imine (C=N–C) groups is 1. The minimum absolute atomic E-state index is 0.114. The normalized spacial score (nSPS) is 16.7. The van der Waals surface area contributed by atoms with Crippen LogP contribution in [0.1, 0.15) is 26.0 Å². The number of amides is 1. The second kappa shape index (κ2) is 9.15. The molecule has 1 aliphatic rings. The highest BCUT2D eigenvalue weighted by Gasteiger charge is 2.33. The van der Waals surface area contributed by atoms with Crippen LogP contribution in [0, 0.1) is 0 Å². The van der Waals surface area contributed by atoms with Crippen LogP contribution in [0.2, 0.25) is 5.02 Å². The average molecular weight is 432 g/mol. The van der Waals surface area contributed by atoms with Gasteiger partial charge >= 0.3 is 5.97 Å². The summed E-state index contributed by atoms with van der Waals surface area (Å²) in [6.45, 7) is 3.46. The Hall–Kier alpha value is -2.77. The van der Waals surface area contributed by atoms with Gasteiger partial charge in [0.05, 0.1) is 11.5 Å². The molecule has 1 aromatic heterocycles. The van der Waals surface area contributed by atoms with Gasteiger partial charge in [0.15, 0.2) is 0 Å². The van der Waals surface area contributed by atoms with Crippen LogP contribution in [0.4, 0.5) is 0 Å². The quantitative estimate of drug-likeness (QED) is 0.637. The minimum atomic E-state index is -0.732. The molecule has 3 rings (SSSR count). The van der Waals surface area contributed by atoms with Crippen molar-refractivity contribution in [2.45, 2.75) is 20.3 Å². The Kier molecular flexibility index (Phi) is 6.61. The molecule has 0 fully saturated rings. The maximum Gasteiger partial charge on any atom is 0.344 e. The summed E-state index contributed by atoms with van der Waals surface area (Å²) in [5.74, 6) is -0.326. The molecule has 0 aliphatic carbocycles. The van der Waals surface area contributed by atoms with Gasteiger partial charge in [-0.3, -0.25) is 4.79 Å². The van der Waals surface area contributed by atoms with E-state index in [0.29, 0.717) is 21.4 Å². The maximum absolute atomic E-state index is 12.2. The number of halogens is 1. The van der Waals surface area contributed by atoms with Crippen LogP contribution in [0.3, 0.4) is 0 Å². The molecule has 6 nitrogen and oxygen atoms in total. The molecular formula is C21H18ClNO5S. The van der Waals surface area contributed by atoms with Gasteiger partial charge in [-0.2, -0.15) is 0 Å². The van der Waals surface area contributed by atoms with E-state index in [4.69, 9.17) is 20.8 Å². The van der Waals surface area contributed by atoms with E-state index in [0.717, 1.165) is 17.3 Å². The van der Waals surface area contributed by atoms with Crippen molar-refractivity contribution < 1.29 is 23.8 Å². The zero-order valence-corrected chi connectivity index (χ0v) is 17.3. The third kappa shape index (κ3) is 4.81. The van der Waals surface area contributed by atoms with E-state index in [2.05, 4.69) is 4.99 Å². The summed E-state index contributed by atoms with van der Waals surface area (Å²) in [5.41, 5.74) is 0.732. The molecule has 150 valence electrons. The lowest BCUT2D eigenvalue weighted by molar-refractivity contribution is -0.138. The van der Waals surface area contributed by atoms with E-state index in [1.54, 1.807) is 44.2 Å². The van der Waals surface area contributed by atoms with Crippen molar-refractivity contribution in [2.75, 3.05) is 6.61 Å². The molecule has 0 spiro atoms. The largest absolute Gasteiger partial charge is 0.506 e. The summed E-state index contributed by atoms with van der Waals surface area (Å²) in [7, 11) is 0. The molecule has 1 N–H and O–H groups in total. The molecule has 0 saturated carbocycles. The van der Waals surface area contributed by atoms with Crippen molar-refractivity contribution in [3.05, 3.63) is 63.4 Å². The predicted octanol–water partition coefficient (Wildman–Crippen LogP) is 5.40. The van der Waals surface area contributed by atoms with Crippen LogP contribution in [0.5, 0.6) is 0 Å². The van der Waals surface area contributed by atoms with E-state index >= 15 is 0 Å². The first-order chi connectivity index (χ1) is 13.9. The van der Waals surface area contributed by atoms with Crippen molar-refractivity contribution >= 4 is 46.4 Å². The predicted molar refractivity (Wildman–Crippen MR) is 114 cm³/mol. The van der Waals surface area contributed by atoms with Crippen LogP contribution in [-0.4, -0.2) is 28.6 Å². The second-order valence-electron chi connectivity index (χ2n) is 5.93. The molecule has 0 saturated heterocycles. The third-order valence-corrected chi connectivity index (χ3v) is 5.20. The van der Waals surface area contributed by atoms with Crippen molar-refractivity contribution in [2.24, 2.45) is 4.99 Å². The molecule has 0 unspecified atom stereocenters. The van der Waals surface area contributed by atoms with Crippen LogP contribution < -0.4 is 0 Å². The van der Waals surface area contributed by atoms with Crippen molar-refractivity contribution in [1.82, 2.24) is 0 Å². The minimum Gasteiger partial charge on any atom is -0.506 e. The molecule has 0 atom stereocenters. The average Bonchev–Trinajstić information content (AvgIpc) is 3.27. The number of carbonyl (C=O) groups excluding carboxylic acids is 2. The number of furan rings is 1. The number of rotatable bonds is 5.